The molecule has 188 valence electrons. The number of hydrogen-bond donors (Lipinski definition) is 7. The smallest absolute Gasteiger partial charge is 0.326 e. The number of hydrogen-bond acceptors (Lipinski definition) is 7. The van der Waals surface area contributed by atoms with Crippen molar-refractivity contribution in [1.29, 1.82) is 0 Å². The molecule has 13 nitrogen and oxygen atoms in total. The van der Waals surface area contributed by atoms with E-state index in [2.05, 4.69) is 16.0 Å². The minimum Gasteiger partial charge on any atom is -0.481 e. The van der Waals surface area contributed by atoms with Crippen LogP contribution in [-0.4, -0.2) is 69.9 Å². The number of amides is 4. The predicted molar refractivity (Wildman–Crippen MR) is 116 cm³/mol. The molecule has 4 unspecified atom stereocenters. The Kier molecular flexibility index (Phi) is 12.7. The lowest BCUT2D eigenvalue weighted by molar-refractivity contribution is -0.143. The average Bonchev–Trinajstić information content (AvgIpc) is 2.66. The van der Waals surface area contributed by atoms with Crippen LogP contribution in [0, 0.1) is 11.8 Å². The van der Waals surface area contributed by atoms with Gasteiger partial charge in [-0.2, -0.15) is 0 Å². The fourth-order valence-electron chi connectivity index (χ4n) is 2.86. The Labute approximate surface area is 192 Å². The van der Waals surface area contributed by atoms with Gasteiger partial charge in [0, 0.05) is 6.42 Å². The number of carboxylic acid groups (broad SMARTS) is 2. The average molecular weight is 474 g/mol. The van der Waals surface area contributed by atoms with Crippen molar-refractivity contribution in [2.75, 3.05) is 0 Å². The number of rotatable bonds is 15. The summed E-state index contributed by atoms with van der Waals surface area (Å²) in [4.78, 5) is 71.1. The van der Waals surface area contributed by atoms with Gasteiger partial charge in [-0.1, -0.05) is 27.7 Å². The molecule has 0 aliphatic heterocycles. The maximum Gasteiger partial charge on any atom is 0.326 e. The molecule has 13 heteroatoms. The monoisotopic (exact) mass is 473 g/mol. The van der Waals surface area contributed by atoms with Crippen LogP contribution in [0.5, 0.6) is 0 Å². The van der Waals surface area contributed by atoms with Gasteiger partial charge in [0.25, 0.3) is 0 Å². The Morgan fingerprint density at radius 1 is 0.818 bits per heavy atom. The molecule has 33 heavy (non-hydrogen) atoms. The molecule has 0 rings (SSSR count). The Bertz CT molecular complexity index is 740. The molecule has 0 aliphatic carbocycles. The summed E-state index contributed by atoms with van der Waals surface area (Å²) in [6.45, 7) is 6.82. The summed E-state index contributed by atoms with van der Waals surface area (Å²) < 4.78 is 0. The molecule has 0 radical (unpaired) electrons. The second-order valence-corrected chi connectivity index (χ2v) is 8.53. The summed E-state index contributed by atoms with van der Waals surface area (Å²) in [6.07, 6.45) is -1.01. The van der Waals surface area contributed by atoms with Gasteiger partial charge in [-0.3, -0.25) is 24.0 Å². The zero-order valence-corrected chi connectivity index (χ0v) is 19.3. The highest BCUT2D eigenvalue weighted by Gasteiger charge is 2.32. The van der Waals surface area contributed by atoms with Crippen LogP contribution in [0.2, 0.25) is 0 Å². The number of primary amides is 1. The van der Waals surface area contributed by atoms with Crippen LogP contribution in [0.25, 0.3) is 0 Å². The van der Waals surface area contributed by atoms with E-state index in [4.69, 9.17) is 16.6 Å². The van der Waals surface area contributed by atoms with Crippen molar-refractivity contribution >= 4 is 35.6 Å². The summed E-state index contributed by atoms with van der Waals surface area (Å²) in [5, 5.41) is 25.2. The van der Waals surface area contributed by atoms with Crippen molar-refractivity contribution in [2.45, 2.75) is 77.5 Å². The third-order valence-electron chi connectivity index (χ3n) is 4.61. The van der Waals surface area contributed by atoms with Crippen molar-refractivity contribution < 1.29 is 39.0 Å². The lowest BCUT2D eigenvalue weighted by atomic mass is 9.99. The normalized spacial score (nSPS) is 14.6. The molecule has 0 aliphatic rings. The number of carboxylic acids is 2. The third kappa shape index (κ3) is 11.8. The molecule has 0 aromatic carbocycles. The minimum absolute atomic E-state index is 0.0639. The zero-order chi connectivity index (χ0) is 25.9. The third-order valence-corrected chi connectivity index (χ3v) is 4.61. The van der Waals surface area contributed by atoms with Gasteiger partial charge < -0.3 is 37.6 Å². The molecule has 0 spiro atoms. The second-order valence-electron chi connectivity index (χ2n) is 8.53. The van der Waals surface area contributed by atoms with Crippen molar-refractivity contribution in [1.82, 2.24) is 16.0 Å². The van der Waals surface area contributed by atoms with Gasteiger partial charge in [-0.15, -0.1) is 0 Å². The first kappa shape index (κ1) is 29.8. The number of carbonyl (C=O) groups excluding carboxylic acids is 4. The van der Waals surface area contributed by atoms with Crippen LogP contribution >= 0.6 is 0 Å². The minimum atomic E-state index is -1.44. The topological polar surface area (TPSA) is 231 Å². The van der Waals surface area contributed by atoms with Gasteiger partial charge >= 0.3 is 11.9 Å². The first-order valence-corrected chi connectivity index (χ1v) is 10.5. The molecular formula is C20H35N5O8. The van der Waals surface area contributed by atoms with Gasteiger partial charge in [0.2, 0.25) is 23.6 Å². The van der Waals surface area contributed by atoms with E-state index in [-0.39, 0.29) is 25.2 Å². The molecule has 0 aromatic heterocycles. The van der Waals surface area contributed by atoms with Gasteiger partial charge in [0.1, 0.15) is 18.1 Å². The first-order chi connectivity index (χ1) is 15.1. The molecule has 0 aromatic rings. The van der Waals surface area contributed by atoms with E-state index < -0.39 is 72.1 Å². The molecule has 0 saturated heterocycles. The number of aliphatic carboxylic acids is 2. The molecule has 0 bridgehead atoms. The van der Waals surface area contributed by atoms with E-state index in [9.17, 15) is 33.9 Å². The van der Waals surface area contributed by atoms with Crippen LogP contribution < -0.4 is 27.4 Å². The quantitative estimate of drug-likeness (QED) is 0.143. The molecule has 9 N–H and O–H groups in total. The van der Waals surface area contributed by atoms with Gasteiger partial charge in [-0.05, 0) is 24.7 Å². The maximum atomic E-state index is 12.9. The van der Waals surface area contributed by atoms with Gasteiger partial charge in [0.15, 0.2) is 0 Å². The molecule has 0 heterocycles. The predicted octanol–water partition coefficient (Wildman–Crippen LogP) is -1.70. The van der Waals surface area contributed by atoms with E-state index in [0.29, 0.717) is 0 Å². The van der Waals surface area contributed by atoms with Crippen molar-refractivity contribution in [3.05, 3.63) is 0 Å². The zero-order valence-electron chi connectivity index (χ0n) is 19.3. The number of nitrogens with one attached hydrogen (secondary N) is 3. The maximum absolute atomic E-state index is 12.9. The highest BCUT2D eigenvalue weighted by Crippen LogP contribution is 2.09. The van der Waals surface area contributed by atoms with Crippen LogP contribution in [0.4, 0.5) is 0 Å². The van der Waals surface area contributed by atoms with Crippen molar-refractivity contribution in [3.63, 3.8) is 0 Å². The van der Waals surface area contributed by atoms with E-state index >= 15 is 0 Å². The Morgan fingerprint density at radius 2 is 1.33 bits per heavy atom. The van der Waals surface area contributed by atoms with Crippen LogP contribution in [-0.2, 0) is 28.8 Å². The fraction of sp³-hybridized carbons (Fsp3) is 0.700. The fourth-order valence-corrected chi connectivity index (χ4v) is 2.86. The summed E-state index contributed by atoms with van der Waals surface area (Å²) in [6, 6.07) is -5.07. The Hall–Kier alpha value is -3.22. The van der Waals surface area contributed by atoms with Crippen LogP contribution in [0.1, 0.15) is 53.4 Å². The summed E-state index contributed by atoms with van der Waals surface area (Å²) in [5.74, 6) is -6.25. The summed E-state index contributed by atoms with van der Waals surface area (Å²) in [7, 11) is 0. The molecule has 4 amide bonds. The van der Waals surface area contributed by atoms with Gasteiger partial charge in [-0.25, -0.2) is 4.79 Å². The molecule has 0 fully saturated rings. The standard InChI is InChI=1S/C20H35N5O8/c1-9(2)7-13(19(31)25-16(10(3)4)20(32)33)24-18(30)12(5-6-14(22)26)23-17(29)11(21)8-15(27)28/h9-13,16H,5-8,21H2,1-4H3,(H2,22,26)(H,23,29)(H,24,30)(H,25,31)(H,27,28)(H,32,33). The summed E-state index contributed by atoms with van der Waals surface area (Å²) >= 11 is 0. The first-order valence-electron chi connectivity index (χ1n) is 10.5. The van der Waals surface area contributed by atoms with Gasteiger partial charge in [0.05, 0.1) is 12.5 Å². The van der Waals surface area contributed by atoms with Crippen LogP contribution in [0.15, 0.2) is 0 Å². The van der Waals surface area contributed by atoms with E-state index in [1.807, 2.05) is 0 Å². The SMILES string of the molecule is CC(C)CC(NC(=O)C(CCC(N)=O)NC(=O)C(N)CC(=O)O)C(=O)NC(C(=O)O)C(C)C. The molecule has 0 saturated carbocycles. The lowest BCUT2D eigenvalue weighted by Gasteiger charge is -2.26. The van der Waals surface area contributed by atoms with Crippen molar-refractivity contribution in [2.24, 2.45) is 23.3 Å². The largest absolute Gasteiger partial charge is 0.481 e. The molecular weight excluding hydrogens is 438 g/mol. The Balaban J connectivity index is 5.57. The Morgan fingerprint density at radius 3 is 1.76 bits per heavy atom. The second kappa shape index (κ2) is 14.0. The number of carbonyl (C=O) groups is 6. The van der Waals surface area contributed by atoms with E-state index in [1.165, 1.54) is 0 Å². The van der Waals surface area contributed by atoms with Crippen LogP contribution in [0.3, 0.4) is 0 Å². The summed E-state index contributed by atoms with van der Waals surface area (Å²) in [5.41, 5.74) is 10.6. The molecule has 4 atom stereocenters. The number of nitrogens with two attached hydrogens (primary N) is 2. The van der Waals surface area contributed by atoms with E-state index in [0.717, 1.165) is 0 Å². The highest BCUT2D eigenvalue weighted by molar-refractivity contribution is 5.95. The van der Waals surface area contributed by atoms with Crippen molar-refractivity contribution in [3.8, 4) is 0 Å². The highest BCUT2D eigenvalue weighted by atomic mass is 16.4. The van der Waals surface area contributed by atoms with E-state index in [1.54, 1.807) is 27.7 Å². The lowest BCUT2D eigenvalue weighted by Crippen LogP contribution is -2.58.